The largest absolute Gasteiger partial charge is 0.512 e. The summed E-state index contributed by atoms with van der Waals surface area (Å²) in [6.07, 6.45) is 6.32. The molecule has 6 aromatic rings. The summed E-state index contributed by atoms with van der Waals surface area (Å²) in [6.45, 7) is 20.8. The molecule has 6 rings (SSSR count). The van der Waals surface area contributed by atoms with Gasteiger partial charge >= 0.3 is 0 Å². The molecule has 0 unspecified atom stereocenters. The van der Waals surface area contributed by atoms with Crippen LogP contribution in [0.5, 0.6) is 0 Å². The smallest absolute Gasteiger partial charge is 0.223 e. The molecule has 1 radical (unpaired) electrons. The molecule has 0 aliphatic heterocycles. The first-order valence-corrected chi connectivity index (χ1v) is 17.5. The minimum atomic E-state index is -0.337. The zero-order valence-electron chi connectivity index (χ0n) is 29.8. The molecule has 0 bridgehead atoms. The maximum Gasteiger partial charge on any atom is 0.223 e. The number of aliphatic hydroxyl groups is 1. The third-order valence-electron chi connectivity index (χ3n) is 10.2. The molecule has 0 spiro atoms. The van der Waals surface area contributed by atoms with Crippen LogP contribution < -0.4 is 0 Å². The molecule has 0 aliphatic carbocycles. The van der Waals surface area contributed by atoms with Gasteiger partial charge in [0, 0.05) is 58.9 Å². The molecule has 0 amide bonds. The molecule has 0 saturated heterocycles. The van der Waals surface area contributed by atoms with E-state index in [1.807, 2.05) is 60.6 Å². The summed E-state index contributed by atoms with van der Waals surface area (Å²) < 4.78 is 13.2. The topological polar surface area (TPSA) is 89.4 Å². The van der Waals surface area contributed by atoms with E-state index in [1.165, 1.54) is 16.3 Å². The van der Waals surface area contributed by atoms with Gasteiger partial charge < -0.3 is 13.9 Å². The standard InChI is InChI=1S/C25H19N2O2S.C15H28O2.Ir/c1-13-9-16-18(28-13)5-6-19-20(16)21-22(26-12-27-24(21)29-19)15-10-14-7-8-30-23(14)17(11-15)25(2,3)4;1-7-14(5,8-2)12(16)11-13(17)15(6,9-3)10-4;/h5-9,11-12H,1-4H3;11,16H,7-10H2,1-6H3;/q-1;;/b;12-11-;. The summed E-state index contributed by atoms with van der Waals surface area (Å²) in [5.41, 5.74) is 4.70. The van der Waals surface area contributed by atoms with E-state index < -0.39 is 0 Å². The molecular formula is C40H47IrN2O4S-. The molecule has 4 aromatic heterocycles. The molecule has 0 saturated carbocycles. The van der Waals surface area contributed by atoms with E-state index >= 15 is 0 Å². The first-order chi connectivity index (χ1) is 22.2. The SMILES string of the molecule is CCC(C)(CC)C(=O)/C=C(\O)C(C)(CC)CC.Cc1cc2c(ccc3oc4ncnc(-c5[c-]c6ccsc6c(C(C)(C)C)c5)c4c32)o1.[Ir]. The Morgan fingerprint density at radius 2 is 1.54 bits per heavy atom. The fourth-order valence-electron chi connectivity index (χ4n) is 5.92. The summed E-state index contributed by atoms with van der Waals surface area (Å²) in [6, 6.07) is 13.9. The van der Waals surface area contributed by atoms with E-state index in [0.29, 0.717) is 5.71 Å². The number of carbonyl (C=O) groups excluding carboxylic acids is 1. The van der Waals surface area contributed by atoms with Gasteiger partial charge in [-0.05, 0) is 66.3 Å². The van der Waals surface area contributed by atoms with Crippen LogP contribution in [0.25, 0.3) is 54.4 Å². The van der Waals surface area contributed by atoms with Crippen LogP contribution in [-0.2, 0) is 30.3 Å². The van der Waals surface area contributed by atoms with Gasteiger partial charge in [0.05, 0.1) is 0 Å². The predicted molar refractivity (Wildman–Crippen MR) is 195 cm³/mol. The number of fused-ring (bicyclic) bond motifs is 6. The third-order valence-corrected chi connectivity index (χ3v) is 11.1. The average Bonchev–Trinajstić information content (AvgIpc) is 3.78. The Hall–Kier alpha value is -3.32. The number of aliphatic hydroxyl groups excluding tert-OH is 1. The number of furan rings is 2. The van der Waals surface area contributed by atoms with Gasteiger partial charge in [0.25, 0.3) is 0 Å². The van der Waals surface area contributed by atoms with E-state index in [4.69, 9.17) is 13.8 Å². The Bertz CT molecular complexity index is 2100. The van der Waals surface area contributed by atoms with Gasteiger partial charge in [-0.15, -0.1) is 23.6 Å². The van der Waals surface area contributed by atoms with Crippen LogP contribution in [0, 0.1) is 23.8 Å². The van der Waals surface area contributed by atoms with Gasteiger partial charge in [-0.25, -0.2) is 4.98 Å². The molecular weight excluding hydrogens is 797 g/mol. The van der Waals surface area contributed by atoms with E-state index in [2.05, 4.69) is 55.4 Å². The van der Waals surface area contributed by atoms with Crippen molar-refractivity contribution < 1.29 is 38.8 Å². The number of hydrogen-bond acceptors (Lipinski definition) is 7. The number of nitrogens with zero attached hydrogens (tertiary/aromatic N) is 2. The molecule has 2 aromatic carbocycles. The summed E-state index contributed by atoms with van der Waals surface area (Å²) in [4.78, 5) is 21.3. The summed E-state index contributed by atoms with van der Waals surface area (Å²) in [5.74, 6) is 1.15. The van der Waals surface area contributed by atoms with Crippen molar-refractivity contribution in [2.45, 2.75) is 100 Å². The second kappa shape index (κ2) is 14.3. The predicted octanol–water partition coefficient (Wildman–Crippen LogP) is 12.1. The van der Waals surface area contributed by atoms with Gasteiger partial charge in [0.2, 0.25) is 5.71 Å². The Balaban J connectivity index is 0.000000251. The molecule has 6 nitrogen and oxygen atoms in total. The van der Waals surface area contributed by atoms with Crippen LogP contribution in [0.1, 0.15) is 99.3 Å². The van der Waals surface area contributed by atoms with Gasteiger partial charge in [0.15, 0.2) is 5.78 Å². The first-order valence-electron chi connectivity index (χ1n) is 16.7. The van der Waals surface area contributed by atoms with E-state index in [1.54, 1.807) is 17.7 Å². The van der Waals surface area contributed by atoms with E-state index in [-0.39, 0.29) is 47.9 Å². The summed E-state index contributed by atoms with van der Waals surface area (Å²) in [5, 5.41) is 16.3. The number of carbonyl (C=O) groups is 1. The van der Waals surface area contributed by atoms with E-state index in [0.717, 1.165) is 75.4 Å². The molecule has 257 valence electrons. The first kappa shape index (κ1) is 37.5. The number of hydrogen-bond donors (Lipinski definition) is 1. The Morgan fingerprint density at radius 1 is 0.896 bits per heavy atom. The van der Waals surface area contributed by atoms with Crippen LogP contribution >= 0.6 is 11.3 Å². The Labute approximate surface area is 301 Å². The van der Waals surface area contributed by atoms with Gasteiger partial charge in [-0.1, -0.05) is 73.4 Å². The zero-order chi connectivity index (χ0) is 34.3. The molecule has 0 fully saturated rings. The fraction of sp³-hybridized carbons (Fsp3) is 0.425. The number of thiophene rings is 1. The minimum absolute atomic E-state index is 0. The quantitative estimate of drug-likeness (QED) is 0.0932. The van der Waals surface area contributed by atoms with Gasteiger partial charge in [-0.3, -0.25) is 9.78 Å². The monoisotopic (exact) mass is 844 g/mol. The summed E-state index contributed by atoms with van der Waals surface area (Å²) in [7, 11) is 0. The van der Waals surface area contributed by atoms with E-state index in [9.17, 15) is 9.90 Å². The molecule has 48 heavy (non-hydrogen) atoms. The van der Waals surface area contributed by atoms with Crippen LogP contribution in [0.4, 0.5) is 0 Å². The van der Waals surface area contributed by atoms with Crippen molar-refractivity contribution in [3.05, 3.63) is 71.3 Å². The van der Waals surface area contributed by atoms with Crippen LogP contribution in [-0.4, -0.2) is 20.9 Å². The number of rotatable bonds is 8. The van der Waals surface area contributed by atoms with Crippen molar-refractivity contribution >= 4 is 60.2 Å². The number of allylic oxidation sites excluding steroid dienone is 2. The summed E-state index contributed by atoms with van der Waals surface area (Å²) >= 11 is 1.76. The van der Waals surface area contributed by atoms with Gasteiger partial charge in [0.1, 0.15) is 29.0 Å². The van der Waals surface area contributed by atoms with Crippen LogP contribution in [0.15, 0.2) is 62.7 Å². The number of ketones is 1. The molecule has 0 aliphatic rings. The maximum absolute atomic E-state index is 12.2. The maximum atomic E-state index is 12.2. The molecule has 1 N–H and O–H groups in total. The van der Waals surface area contributed by atoms with Crippen molar-refractivity contribution in [2.24, 2.45) is 10.8 Å². The third kappa shape index (κ3) is 6.90. The minimum Gasteiger partial charge on any atom is -0.512 e. The van der Waals surface area contributed by atoms with Crippen molar-refractivity contribution in [1.29, 1.82) is 0 Å². The molecule has 8 heteroatoms. The second-order valence-corrected chi connectivity index (χ2v) is 15.1. The molecule has 0 atom stereocenters. The number of aromatic nitrogens is 2. The number of aryl methyl sites for hydroxylation is 1. The zero-order valence-corrected chi connectivity index (χ0v) is 33.0. The van der Waals surface area contributed by atoms with Gasteiger partial charge in [-0.2, -0.15) is 11.3 Å². The van der Waals surface area contributed by atoms with Crippen molar-refractivity contribution in [3.8, 4) is 11.3 Å². The second-order valence-electron chi connectivity index (χ2n) is 14.2. The average molecular weight is 844 g/mol. The number of benzene rings is 2. The van der Waals surface area contributed by atoms with Crippen LogP contribution in [0.2, 0.25) is 0 Å². The molecule has 4 heterocycles. The normalized spacial score (nSPS) is 12.8. The fourth-order valence-corrected chi connectivity index (χ4v) is 7.00. The van der Waals surface area contributed by atoms with Crippen molar-refractivity contribution in [3.63, 3.8) is 0 Å². The Morgan fingerprint density at radius 3 is 2.17 bits per heavy atom. The van der Waals surface area contributed by atoms with Crippen LogP contribution in [0.3, 0.4) is 0 Å². The van der Waals surface area contributed by atoms with Crippen molar-refractivity contribution in [1.82, 2.24) is 9.97 Å². The Kier molecular flexibility index (Phi) is 11.1. The van der Waals surface area contributed by atoms with Crippen molar-refractivity contribution in [2.75, 3.05) is 0 Å².